The Balaban J connectivity index is 1.58. The Bertz CT molecular complexity index is 1250. The van der Waals surface area contributed by atoms with E-state index in [-0.39, 0.29) is 17.7 Å². The molecule has 3 aromatic rings. The third kappa shape index (κ3) is 3.95. The van der Waals surface area contributed by atoms with Crippen LogP contribution in [0.4, 0.5) is 11.4 Å². The van der Waals surface area contributed by atoms with E-state index in [1.165, 1.54) is 5.56 Å². The number of hydrogen-bond acceptors (Lipinski definition) is 5. The molecule has 5 heteroatoms. The number of carbonyl (C=O) groups is 1. The average Bonchev–Trinajstić information content (AvgIpc) is 3.00. The van der Waals surface area contributed by atoms with Crippen molar-refractivity contribution in [2.24, 2.45) is 0 Å². The molecule has 0 radical (unpaired) electrons. The van der Waals surface area contributed by atoms with Crippen molar-refractivity contribution in [3.05, 3.63) is 94.7 Å². The normalized spacial score (nSPS) is 19.5. The van der Waals surface area contributed by atoms with Crippen LogP contribution >= 0.6 is 0 Å². The largest absolute Gasteiger partial charge is 0.493 e. The van der Waals surface area contributed by atoms with Crippen LogP contribution in [0.2, 0.25) is 0 Å². The first-order valence-corrected chi connectivity index (χ1v) is 11.2. The van der Waals surface area contributed by atoms with E-state index in [2.05, 4.69) is 54.0 Å². The van der Waals surface area contributed by atoms with Crippen molar-refractivity contribution in [3.8, 4) is 11.5 Å². The Kier molecular flexibility index (Phi) is 5.55. The molecule has 0 amide bonds. The summed E-state index contributed by atoms with van der Waals surface area (Å²) >= 11 is 0. The number of benzene rings is 3. The van der Waals surface area contributed by atoms with Crippen LogP contribution in [0, 0.1) is 6.92 Å². The van der Waals surface area contributed by atoms with Crippen molar-refractivity contribution >= 4 is 17.2 Å². The molecule has 1 heterocycles. The minimum atomic E-state index is -0.199. The number of aryl methyl sites for hydroxylation is 1. The molecular weight excluding hydrogens is 412 g/mol. The van der Waals surface area contributed by atoms with Crippen LogP contribution in [-0.2, 0) is 4.79 Å². The monoisotopic (exact) mass is 440 g/mol. The minimum absolute atomic E-state index is 0.0620. The fourth-order valence-corrected chi connectivity index (χ4v) is 4.93. The van der Waals surface area contributed by atoms with Gasteiger partial charge in [0.15, 0.2) is 17.3 Å². The molecule has 0 bridgehead atoms. The van der Waals surface area contributed by atoms with Gasteiger partial charge in [-0.3, -0.25) is 4.79 Å². The Hall–Kier alpha value is -3.73. The highest BCUT2D eigenvalue weighted by atomic mass is 16.5. The Morgan fingerprint density at radius 1 is 0.818 bits per heavy atom. The molecule has 0 fully saturated rings. The highest BCUT2D eigenvalue weighted by molar-refractivity contribution is 6.01. The molecule has 0 saturated carbocycles. The molecule has 33 heavy (non-hydrogen) atoms. The van der Waals surface area contributed by atoms with Crippen LogP contribution < -0.4 is 20.1 Å². The van der Waals surface area contributed by atoms with E-state index in [9.17, 15) is 4.79 Å². The second-order valence-electron chi connectivity index (χ2n) is 8.70. The molecule has 1 aliphatic heterocycles. The maximum absolute atomic E-state index is 13.7. The summed E-state index contributed by atoms with van der Waals surface area (Å²) in [5.74, 6) is 1.59. The number of ketones is 1. The van der Waals surface area contributed by atoms with Gasteiger partial charge >= 0.3 is 0 Å². The van der Waals surface area contributed by atoms with Crippen molar-refractivity contribution in [3.63, 3.8) is 0 Å². The lowest BCUT2D eigenvalue weighted by Crippen LogP contribution is -2.27. The predicted octanol–water partition coefficient (Wildman–Crippen LogP) is 5.99. The van der Waals surface area contributed by atoms with E-state index >= 15 is 0 Å². The second kappa shape index (κ2) is 8.66. The highest BCUT2D eigenvalue weighted by Crippen LogP contribution is 2.45. The molecule has 0 saturated heterocycles. The van der Waals surface area contributed by atoms with Gasteiger partial charge in [0.2, 0.25) is 0 Å². The molecule has 1 aliphatic carbocycles. The zero-order valence-corrected chi connectivity index (χ0v) is 19.1. The van der Waals surface area contributed by atoms with E-state index < -0.39 is 0 Å². The number of anilines is 2. The standard InChI is InChI=1S/C28H28N2O3/c1-17-7-6-8-19(13-17)28-27-23(29-21-9-4-5-10-22(21)30-28)14-20(15-24(27)31)18-11-12-25(32-2)26(16-18)33-3/h4-13,16,20,28-30H,14-15H2,1-3H3/t20-,28-/m1/s1. The molecule has 2 N–H and O–H groups in total. The van der Waals surface area contributed by atoms with E-state index in [0.29, 0.717) is 17.9 Å². The maximum Gasteiger partial charge on any atom is 0.163 e. The van der Waals surface area contributed by atoms with Gasteiger partial charge < -0.3 is 20.1 Å². The quantitative estimate of drug-likeness (QED) is 0.522. The first-order valence-electron chi connectivity index (χ1n) is 11.2. The van der Waals surface area contributed by atoms with E-state index in [0.717, 1.165) is 40.2 Å². The molecule has 5 rings (SSSR count). The number of fused-ring (bicyclic) bond motifs is 1. The van der Waals surface area contributed by atoms with Crippen LogP contribution in [0.3, 0.4) is 0 Å². The molecule has 0 aromatic heterocycles. The van der Waals surface area contributed by atoms with Crippen molar-refractivity contribution < 1.29 is 14.3 Å². The van der Waals surface area contributed by atoms with Crippen LogP contribution in [0.25, 0.3) is 0 Å². The predicted molar refractivity (Wildman–Crippen MR) is 131 cm³/mol. The third-order valence-corrected chi connectivity index (χ3v) is 6.56. The maximum atomic E-state index is 13.7. The first-order chi connectivity index (χ1) is 16.1. The topological polar surface area (TPSA) is 59.6 Å². The van der Waals surface area contributed by atoms with Crippen LogP contribution in [-0.4, -0.2) is 20.0 Å². The summed E-state index contributed by atoms with van der Waals surface area (Å²) in [6.45, 7) is 2.08. The van der Waals surface area contributed by atoms with Crippen LogP contribution in [0.15, 0.2) is 78.0 Å². The third-order valence-electron chi connectivity index (χ3n) is 6.56. The summed E-state index contributed by atoms with van der Waals surface area (Å²) in [6, 6.07) is 22.3. The number of allylic oxidation sites excluding steroid dienone is 1. The van der Waals surface area contributed by atoms with Gasteiger partial charge in [-0.15, -0.1) is 0 Å². The lowest BCUT2D eigenvalue weighted by atomic mass is 9.78. The van der Waals surface area contributed by atoms with E-state index in [1.807, 2.05) is 30.3 Å². The van der Waals surface area contributed by atoms with E-state index in [1.54, 1.807) is 14.2 Å². The van der Waals surface area contributed by atoms with Crippen molar-refractivity contribution in [1.82, 2.24) is 0 Å². The zero-order valence-electron chi connectivity index (χ0n) is 19.1. The summed E-state index contributed by atoms with van der Waals surface area (Å²) < 4.78 is 10.9. The molecule has 168 valence electrons. The average molecular weight is 441 g/mol. The Labute approximate surface area is 194 Å². The number of hydrogen-bond donors (Lipinski definition) is 2. The van der Waals surface area contributed by atoms with Gasteiger partial charge in [-0.2, -0.15) is 0 Å². The summed E-state index contributed by atoms with van der Waals surface area (Å²) in [5, 5.41) is 7.24. The summed E-state index contributed by atoms with van der Waals surface area (Å²) in [4.78, 5) is 13.7. The summed E-state index contributed by atoms with van der Waals surface area (Å²) in [5.41, 5.74) is 7.14. The molecule has 5 nitrogen and oxygen atoms in total. The molecule has 0 unspecified atom stereocenters. The van der Waals surface area contributed by atoms with Gasteiger partial charge in [0, 0.05) is 17.7 Å². The smallest absolute Gasteiger partial charge is 0.163 e. The highest BCUT2D eigenvalue weighted by Gasteiger charge is 2.36. The number of methoxy groups -OCH3 is 2. The SMILES string of the molecule is COc1ccc([C@H]2CC(=O)C3=C(C2)Nc2ccccc2N[C@@H]3c2cccc(C)c2)cc1OC. The van der Waals surface area contributed by atoms with Gasteiger partial charge in [0.25, 0.3) is 0 Å². The van der Waals surface area contributed by atoms with Gasteiger partial charge in [-0.1, -0.05) is 48.0 Å². The van der Waals surface area contributed by atoms with Crippen LogP contribution in [0.1, 0.15) is 41.5 Å². The Morgan fingerprint density at radius 3 is 2.36 bits per heavy atom. The zero-order chi connectivity index (χ0) is 22.9. The fourth-order valence-electron chi connectivity index (χ4n) is 4.93. The number of nitrogens with one attached hydrogen (secondary N) is 2. The molecule has 3 aromatic carbocycles. The first kappa shape index (κ1) is 21.1. The lowest BCUT2D eigenvalue weighted by molar-refractivity contribution is -0.116. The molecule has 2 aliphatic rings. The Morgan fingerprint density at radius 2 is 1.61 bits per heavy atom. The number of carbonyl (C=O) groups excluding carboxylic acids is 1. The molecule has 0 spiro atoms. The minimum Gasteiger partial charge on any atom is -0.493 e. The molecular formula is C28H28N2O3. The number of ether oxygens (including phenoxy) is 2. The summed E-state index contributed by atoms with van der Waals surface area (Å²) in [6.07, 6.45) is 1.20. The van der Waals surface area contributed by atoms with Gasteiger partial charge in [-0.25, -0.2) is 0 Å². The summed E-state index contributed by atoms with van der Waals surface area (Å²) in [7, 11) is 3.26. The number of Topliss-reactive ketones (excluding diaryl/α,β-unsaturated/α-hetero) is 1. The van der Waals surface area contributed by atoms with Gasteiger partial charge in [-0.05, 0) is 54.7 Å². The van der Waals surface area contributed by atoms with Crippen LogP contribution in [0.5, 0.6) is 11.5 Å². The second-order valence-corrected chi connectivity index (χ2v) is 8.70. The van der Waals surface area contributed by atoms with Crippen molar-refractivity contribution in [2.75, 3.05) is 24.9 Å². The lowest BCUT2D eigenvalue weighted by Gasteiger charge is -2.30. The van der Waals surface area contributed by atoms with Crippen molar-refractivity contribution in [1.29, 1.82) is 0 Å². The van der Waals surface area contributed by atoms with Crippen molar-refractivity contribution in [2.45, 2.75) is 31.7 Å². The molecule has 2 atom stereocenters. The van der Waals surface area contributed by atoms with Gasteiger partial charge in [0.1, 0.15) is 0 Å². The fraction of sp³-hybridized carbons (Fsp3) is 0.250. The number of rotatable bonds is 4. The number of para-hydroxylation sites is 2. The van der Waals surface area contributed by atoms with Gasteiger partial charge in [0.05, 0.1) is 31.6 Å². The van der Waals surface area contributed by atoms with E-state index in [4.69, 9.17) is 9.47 Å².